The number of aromatic amines is 2. The maximum atomic E-state index is 13.6. The minimum Gasteiger partial charge on any atom is -0.457 e. The Morgan fingerprint density at radius 1 is 0.706 bits per heavy atom. The molecule has 2 aliphatic heterocycles. The lowest BCUT2D eigenvalue weighted by Crippen LogP contribution is -2.48. The largest absolute Gasteiger partial charge is 0.457 e. The molecule has 4 atom stereocenters. The lowest BCUT2D eigenvalue weighted by molar-refractivity contribution is -0.139. The summed E-state index contributed by atoms with van der Waals surface area (Å²) in [6.45, 7) is 9.89. The van der Waals surface area contributed by atoms with E-state index in [0.29, 0.717) is 5.75 Å². The second kappa shape index (κ2) is 15.4. The van der Waals surface area contributed by atoms with Gasteiger partial charge in [0.15, 0.2) is 0 Å². The molecule has 2 aromatic carbocycles. The third kappa shape index (κ3) is 7.74. The second-order valence-corrected chi connectivity index (χ2v) is 15.2. The number of H-pyrrole nitrogens is 2. The summed E-state index contributed by atoms with van der Waals surface area (Å²) < 4.78 is 6.28. The summed E-state index contributed by atoms with van der Waals surface area (Å²) in [5, 5.41) is 0. The molecule has 2 N–H and O–H groups in total. The second-order valence-electron chi connectivity index (χ2n) is 15.2. The number of rotatable bonds is 12. The predicted octanol–water partition coefficient (Wildman–Crippen LogP) is 6.76. The van der Waals surface area contributed by atoms with Gasteiger partial charge < -0.3 is 24.5 Å². The molecule has 51 heavy (non-hydrogen) atoms. The van der Waals surface area contributed by atoms with Crippen LogP contribution in [-0.2, 0) is 9.59 Å². The molecule has 2 saturated heterocycles. The standard InChI is InChI=1S/C40H54N8O3/c1-25(2)35(45(5)6)39(49)47-20-10-14-33(47)37-41-23-31(43-37)27-16-18-29(19-17-27)51-30-13-9-12-28(22-30)32-24-42-38(44-32)34-15-11-21-48(34)40(50)36(26(3)4)46(7)8/h9,12-13,16-19,22-26,33-36H,10-11,14-15,20-21H2,1-8H3,(H,41,43)(H,42,44). The normalized spacial score (nSPS) is 19.1. The van der Waals surface area contributed by atoms with Gasteiger partial charge in [0.05, 0.1) is 47.9 Å². The summed E-state index contributed by atoms with van der Waals surface area (Å²) in [6, 6.07) is 15.5. The van der Waals surface area contributed by atoms with Crippen molar-refractivity contribution >= 4 is 11.8 Å². The predicted molar refractivity (Wildman–Crippen MR) is 200 cm³/mol. The van der Waals surface area contributed by atoms with Gasteiger partial charge in [0.2, 0.25) is 11.8 Å². The van der Waals surface area contributed by atoms with Crippen LogP contribution in [0.3, 0.4) is 0 Å². The van der Waals surface area contributed by atoms with Gasteiger partial charge in [-0.05, 0) is 108 Å². The van der Waals surface area contributed by atoms with Gasteiger partial charge in [0.25, 0.3) is 0 Å². The lowest BCUT2D eigenvalue weighted by atomic mass is 10.0. The Morgan fingerprint density at radius 2 is 1.20 bits per heavy atom. The minimum absolute atomic E-state index is 0.0480. The Bertz CT molecular complexity index is 1780. The van der Waals surface area contributed by atoms with Crippen LogP contribution in [0.4, 0.5) is 0 Å². The fraction of sp³-hybridized carbons (Fsp3) is 0.500. The number of likely N-dealkylation sites (tertiary alicyclic amines) is 2. The molecule has 0 radical (unpaired) electrons. The molecular weight excluding hydrogens is 640 g/mol. The van der Waals surface area contributed by atoms with Crippen molar-refractivity contribution in [3.05, 3.63) is 72.6 Å². The molecule has 272 valence electrons. The van der Waals surface area contributed by atoms with Crippen molar-refractivity contribution in [3.8, 4) is 34.0 Å². The number of nitrogens with zero attached hydrogens (tertiary/aromatic N) is 6. The third-order valence-electron chi connectivity index (χ3n) is 10.3. The van der Waals surface area contributed by atoms with Crippen LogP contribution in [0.2, 0.25) is 0 Å². The first-order chi connectivity index (χ1) is 24.4. The molecule has 4 unspecified atom stereocenters. The van der Waals surface area contributed by atoms with Crippen molar-refractivity contribution in [1.29, 1.82) is 0 Å². The number of benzene rings is 2. The first kappa shape index (κ1) is 36.3. The summed E-state index contributed by atoms with van der Waals surface area (Å²) in [6.07, 6.45) is 7.42. The summed E-state index contributed by atoms with van der Waals surface area (Å²) in [5.41, 5.74) is 3.75. The van der Waals surface area contributed by atoms with Crippen LogP contribution in [0.15, 0.2) is 60.9 Å². The quantitative estimate of drug-likeness (QED) is 0.169. The van der Waals surface area contributed by atoms with E-state index in [1.54, 1.807) is 0 Å². The monoisotopic (exact) mass is 694 g/mol. The van der Waals surface area contributed by atoms with Crippen LogP contribution in [-0.4, -0.2) is 105 Å². The highest BCUT2D eigenvalue weighted by Gasteiger charge is 2.38. The van der Waals surface area contributed by atoms with Crippen LogP contribution >= 0.6 is 0 Å². The molecule has 2 aromatic heterocycles. The number of carbonyl (C=O) groups is 2. The number of likely N-dealkylation sites (N-methyl/N-ethyl adjacent to an activating group) is 2. The maximum Gasteiger partial charge on any atom is 0.240 e. The highest BCUT2D eigenvalue weighted by Crippen LogP contribution is 2.36. The Kier molecular flexibility index (Phi) is 11.0. The molecule has 4 aromatic rings. The Balaban J connectivity index is 1.11. The van der Waals surface area contributed by atoms with Crippen LogP contribution in [0.1, 0.15) is 77.1 Å². The highest BCUT2D eigenvalue weighted by molar-refractivity contribution is 5.83. The Labute approximate surface area is 302 Å². The van der Waals surface area contributed by atoms with Gasteiger partial charge in [-0.3, -0.25) is 19.4 Å². The molecular formula is C40H54N8O3. The van der Waals surface area contributed by atoms with Gasteiger partial charge in [-0.2, -0.15) is 0 Å². The van der Waals surface area contributed by atoms with E-state index < -0.39 is 0 Å². The van der Waals surface area contributed by atoms with Crippen molar-refractivity contribution in [3.63, 3.8) is 0 Å². The molecule has 2 amide bonds. The summed E-state index contributed by atoms with van der Waals surface area (Å²) >= 11 is 0. The lowest BCUT2D eigenvalue weighted by Gasteiger charge is -2.33. The first-order valence-electron chi connectivity index (χ1n) is 18.3. The van der Waals surface area contributed by atoms with Crippen molar-refractivity contribution < 1.29 is 14.3 Å². The number of hydrogen-bond donors (Lipinski definition) is 2. The number of aromatic nitrogens is 4. The van der Waals surface area contributed by atoms with E-state index in [1.807, 2.05) is 109 Å². The van der Waals surface area contributed by atoms with Crippen molar-refractivity contribution in [2.45, 2.75) is 77.5 Å². The van der Waals surface area contributed by atoms with Gasteiger partial charge in [0.1, 0.15) is 23.1 Å². The molecule has 11 nitrogen and oxygen atoms in total. The number of imidazole rings is 2. The average molecular weight is 695 g/mol. The SMILES string of the molecule is CC(C)C(C(=O)N1CCCC1c1ncc(-c2ccc(Oc3cccc(-c4cnc(C5CCCN5C(=O)C(C(C)C)N(C)C)[nH]4)c3)cc2)[nH]1)N(C)C. The fourth-order valence-electron chi connectivity index (χ4n) is 8.05. The van der Waals surface area contributed by atoms with Crippen molar-refractivity contribution in [2.75, 3.05) is 41.3 Å². The molecule has 0 bridgehead atoms. The molecule has 6 rings (SSSR count). The number of ether oxygens (including phenoxy) is 1. The van der Waals surface area contributed by atoms with Gasteiger partial charge in [-0.1, -0.05) is 39.8 Å². The van der Waals surface area contributed by atoms with Gasteiger partial charge >= 0.3 is 0 Å². The molecule has 2 fully saturated rings. The van der Waals surface area contributed by atoms with Gasteiger partial charge in [0, 0.05) is 18.7 Å². The van der Waals surface area contributed by atoms with Gasteiger partial charge in [-0.15, -0.1) is 0 Å². The number of amides is 2. The Hall–Kier alpha value is -4.48. The fourth-order valence-corrected chi connectivity index (χ4v) is 8.05. The van der Waals surface area contributed by atoms with Crippen LogP contribution in [0, 0.1) is 11.8 Å². The van der Waals surface area contributed by atoms with Crippen LogP contribution in [0.5, 0.6) is 11.5 Å². The van der Waals surface area contributed by atoms with E-state index in [4.69, 9.17) is 14.7 Å². The zero-order chi connectivity index (χ0) is 36.4. The summed E-state index contributed by atoms with van der Waals surface area (Å²) in [4.78, 5) is 51.6. The van der Waals surface area contributed by atoms with Crippen LogP contribution < -0.4 is 4.74 Å². The molecule has 2 aliphatic rings. The molecule has 4 heterocycles. The highest BCUT2D eigenvalue weighted by atomic mass is 16.5. The van der Waals surface area contributed by atoms with Crippen molar-refractivity contribution in [2.24, 2.45) is 11.8 Å². The van der Waals surface area contributed by atoms with E-state index in [2.05, 4.69) is 37.7 Å². The number of hydrogen-bond acceptors (Lipinski definition) is 7. The maximum absolute atomic E-state index is 13.6. The average Bonchev–Trinajstić information content (AvgIpc) is 3.91. The van der Waals surface area contributed by atoms with Crippen molar-refractivity contribution in [1.82, 2.24) is 39.5 Å². The van der Waals surface area contributed by atoms with Gasteiger partial charge in [-0.25, -0.2) is 9.97 Å². The first-order valence-corrected chi connectivity index (χ1v) is 18.3. The molecule has 0 spiro atoms. The topological polar surface area (TPSA) is 114 Å². The molecule has 0 aliphatic carbocycles. The summed E-state index contributed by atoms with van der Waals surface area (Å²) in [5.74, 6) is 3.86. The molecule has 0 saturated carbocycles. The number of nitrogens with one attached hydrogen (secondary N) is 2. The van der Waals surface area contributed by atoms with Crippen LogP contribution in [0.25, 0.3) is 22.5 Å². The summed E-state index contributed by atoms with van der Waals surface area (Å²) in [7, 11) is 7.89. The zero-order valence-electron chi connectivity index (χ0n) is 31.4. The van der Waals surface area contributed by atoms with E-state index in [-0.39, 0.29) is 47.8 Å². The van der Waals surface area contributed by atoms with E-state index in [0.717, 1.165) is 78.7 Å². The Morgan fingerprint density at radius 3 is 1.67 bits per heavy atom. The minimum atomic E-state index is -0.161. The third-order valence-corrected chi connectivity index (χ3v) is 10.3. The number of carbonyl (C=O) groups excluding carboxylic acids is 2. The smallest absolute Gasteiger partial charge is 0.240 e. The van der Waals surface area contributed by atoms with E-state index in [1.165, 1.54) is 0 Å². The van der Waals surface area contributed by atoms with E-state index >= 15 is 0 Å². The zero-order valence-corrected chi connectivity index (χ0v) is 31.4. The molecule has 11 heteroatoms. The van der Waals surface area contributed by atoms with E-state index in [9.17, 15) is 9.59 Å².